The number of methoxy groups -OCH3 is 2. The van der Waals surface area contributed by atoms with Gasteiger partial charge in [-0.25, -0.2) is 13.1 Å². The minimum Gasteiger partial charge on any atom is -0.496 e. The zero-order valence-corrected chi connectivity index (χ0v) is 15.2. The third kappa shape index (κ3) is 4.14. The molecule has 0 amide bonds. The molecule has 1 atom stereocenters. The minimum atomic E-state index is -3.60. The molecule has 6 heteroatoms. The lowest BCUT2D eigenvalue weighted by atomic mass is 10.1. The lowest BCUT2D eigenvalue weighted by Crippen LogP contribution is -2.29. The molecule has 24 heavy (non-hydrogen) atoms. The third-order valence-corrected chi connectivity index (χ3v) is 5.44. The maximum atomic E-state index is 12.5. The van der Waals surface area contributed by atoms with Gasteiger partial charge in [0.05, 0.1) is 18.1 Å². The molecule has 0 saturated heterocycles. The molecule has 0 aliphatic heterocycles. The van der Waals surface area contributed by atoms with Gasteiger partial charge in [-0.15, -0.1) is 0 Å². The Morgan fingerprint density at radius 1 is 1.04 bits per heavy atom. The summed E-state index contributed by atoms with van der Waals surface area (Å²) in [5.74, 6) is 0.662. The maximum Gasteiger partial charge on any atom is 0.240 e. The Hall–Kier alpha value is -1.89. The van der Waals surface area contributed by atoms with E-state index >= 15 is 0 Å². The van der Waals surface area contributed by atoms with Crippen LogP contribution in [0.15, 0.2) is 47.4 Å². The summed E-state index contributed by atoms with van der Waals surface area (Å²) >= 11 is 0. The van der Waals surface area contributed by atoms with Gasteiger partial charge in [-0.3, -0.25) is 0 Å². The maximum absolute atomic E-state index is 12.5. The number of hydrogen-bond donors (Lipinski definition) is 1. The second-order valence-corrected chi connectivity index (χ2v) is 7.33. The van der Waals surface area contributed by atoms with Crippen molar-refractivity contribution in [1.82, 2.24) is 4.72 Å². The summed E-state index contributed by atoms with van der Waals surface area (Å²) in [4.78, 5) is 0.250. The van der Waals surface area contributed by atoms with E-state index in [0.29, 0.717) is 5.75 Å². The minimum absolute atomic E-state index is 0.117. The van der Waals surface area contributed by atoms with Gasteiger partial charge in [-0.05, 0) is 43.2 Å². The van der Waals surface area contributed by atoms with Gasteiger partial charge in [-0.2, -0.15) is 0 Å². The molecule has 2 aromatic carbocycles. The second-order valence-electron chi connectivity index (χ2n) is 5.56. The predicted molar refractivity (Wildman–Crippen MR) is 93.8 cm³/mol. The normalized spacial score (nSPS) is 12.8. The summed E-state index contributed by atoms with van der Waals surface area (Å²) < 4.78 is 38.4. The van der Waals surface area contributed by atoms with Crippen LogP contribution in [0.4, 0.5) is 0 Å². The first kappa shape index (κ1) is 18.4. The second kappa shape index (κ2) is 7.79. The van der Waals surface area contributed by atoms with Crippen LogP contribution < -0.4 is 9.46 Å². The van der Waals surface area contributed by atoms with Crippen LogP contribution in [0.1, 0.15) is 22.8 Å². The number of rotatable bonds is 7. The van der Waals surface area contributed by atoms with Crippen LogP contribution in [0.2, 0.25) is 0 Å². The number of aryl methyl sites for hydroxylation is 2. The standard InChI is InChI=1S/C18H23NO4S/c1-13-9-10-15(11-14(13)2)24(20,21)19-12-18(23-4)16-7-5-6-8-17(16)22-3/h5-11,18-19H,12H2,1-4H3. The topological polar surface area (TPSA) is 64.6 Å². The van der Waals surface area contributed by atoms with E-state index in [1.165, 1.54) is 0 Å². The van der Waals surface area contributed by atoms with Crippen molar-refractivity contribution in [2.75, 3.05) is 20.8 Å². The molecule has 0 saturated carbocycles. The Kier molecular flexibility index (Phi) is 5.99. The smallest absolute Gasteiger partial charge is 0.240 e. The Morgan fingerprint density at radius 2 is 1.75 bits per heavy atom. The van der Waals surface area contributed by atoms with Gasteiger partial charge < -0.3 is 9.47 Å². The zero-order chi connectivity index (χ0) is 17.7. The van der Waals surface area contributed by atoms with Crippen molar-refractivity contribution in [1.29, 1.82) is 0 Å². The average Bonchev–Trinajstić information content (AvgIpc) is 2.58. The Labute approximate surface area is 143 Å². The van der Waals surface area contributed by atoms with Gasteiger partial charge in [0.1, 0.15) is 5.75 Å². The van der Waals surface area contributed by atoms with Crippen molar-refractivity contribution >= 4 is 10.0 Å². The molecule has 2 rings (SSSR count). The Bertz CT molecular complexity index is 802. The van der Waals surface area contributed by atoms with E-state index in [-0.39, 0.29) is 11.4 Å². The molecule has 0 bridgehead atoms. The number of para-hydroxylation sites is 1. The largest absolute Gasteiger partial charge is 0.496 e. The van der Waals surface area contributed by atoms with Gasteiger partial charge in [0.2, 0.25) is 10.0 Å². The van der Waals surface area contributed by atoms with Crippen LogP contribution in [-0.4, -0.2) is 29.2 Å². The summed E-state index contributed by atoms with van der Waals surface area (Å²) in [5.41, 5.74) is 2.79. The first-order chi connectivity index (χ1) is 11.4. The molecule has 5 nitrogen and oxygen atoms in total. The number of nitrogens with one attached hydrogen (secondary N) is 1. The van der Waals surface area contributed by atoms with E-state index in [1.54, 1.807) is 32.4 Å². The van der Waals surface area contributed by atoms with Crippen LogP contribution >= 0.6 is 0 Å². The first-order valence-corrected chi connectivity index (χ1v) is 9.10. The summed E-state index contributed by atoms with van der Waals surface area (Å²) in [6.45, 7) is 3.95. The van der Waals surface area contributed by atoms with Gasteiger partial charge in [0, 0.05) is 19.2 Å². The predicted octanol–water partition coefficient (Wildman–Crippen LogP) is 2.98. The summed E-state index contributed by atoms with van der Waals surface area (Å²) in [5, 5.41) is 0. The molecule has 130 valence electrons. The fraction of sp³-hybridized carbons (Fsp3) is 0.333. The number of sulfonamides is 1. The van der Waals surface area contributed by atoms with Crippen LogP contribution in [0.5, 0.6) is 5.75 Å². The first-order valence-electron chi connectivity index (χ1n) is 7.61. The lowest BCUT2D eigenvalue weighted by Gasteiger charge is -2.19. The van der Waals surface area contributed by atoms with Crippen LogP contribution in [0.3, 0.4) is 0 Å². The van der Waals surface area contributed by atoms with E-state index in [9.17, 15) is 8.42 Å². The molecule has 0 aliphatic carbocycles. The van der Waals surface area contributed by atoms with E-state index in [2.05, 4.69) is 4.72 Å². The van der Waals surface area contributed by atoms with Crippen molar-refractivity contribution in [2.24, 2.45) is 0 Å². The molecule has 0 heterocycles. The Morgan fingerprint density at radius 3 is 2.38 bits per heavy atom. The van der Waals surface area contributed by atoms with Crippen molar-refractivity contribution in [3.05, 3.63) is 59.2 Å². The zero-order valence-electron chi connectivity index (χ0n) is 14.4. The highest BCUT2D eigenvalue weighted by Crippen LogP contribution is 2.27. The molecule has 0 aromatic heterocycles. The molecule has 0 radical (unpaired) electrons. The van der Waals surface area contributed by atoms with Crippen molar-refractivity contribution in [3.8, 4) is 5.75 Å². The van der Waals surface area contributed by atoms with Crippen LogP contribution in [0.25, 0.3) is 0 Å². The third-order valence-electron chi connectivity index (χ3n) is 4.02. The molecule has 2 aromatic rings. The molecule has 1 unspecified atom stereocenters. The highest BCUT2D eigenvalue weighted by Gasteiger charge is 2.20. The van der Waals surface area contributed by atoms with E-state index < -0.39 is 16.1 Å². The fourth-order valence-corrected chi connectivity index (χ4v) is 3.52. The molecular formula is C18H23NO4S. The fourth-order valence-electron chi connectivity index (χ4n) is 2.40. The Balaban J connectivity index is 2.19. The molecule has 0 fully saturated rings. The van der Waals surface area contributed by atoms with Gasteiger partial charge in [0.25, 0.3) is 0 Å². The van der Waals surface area contributed by atoms with Gasteiger partial charge in [0.15, 0.2) is 0 Å². The summed E-state index contributed by atoms with van der Waals surface area (Å²) in [6.07, 6.45) is -0.442. The average molecular weight is 349 g/mol. The van der Waals surface area contributed by atoms with Gasteiger partial charge >= 0.3 is 0 Å². The van der Waals surface area contributed by atoms with E-state index in [0.717, 1.165) is 16.7 Å². The van der Waals surface area contributed by atoms with Crippen molar-refractivity contribution in [2.45, 2.75) is 24.8 Å². The van der Waals surface area contributed by atoms with Gasteiger partial charge in [-0.1, -0.05) is 24.3 Å². The number of ether oxygens (including phenoxy) is 2. The van der Waals surface area contributed by atoms with Crippen LogP contribution in [0, 0.1) is 13.8 Å². The lowest BCUT2D eigenvalue weighted by molar-refractivity contribution is 0.105. The van der Waals surface area contributed by atoms with Crippen LogP contribution in [-0.2, 0) is 14.8 Å². The van der Waals surface area contributed by atoms with E-state index in [4.69, 9.17) is 9.47 Å². The molecular weight excluding hydrogens is 326 g/mol. The van der Waals surface area contributed by atoms with Crippen molar-refractivity contribution in [3.63, 3.8) is 0 Å². The highest BCUT2D eigenvalue weighted by molar-refractivity contribution is 7.89. The number of benzene rings is 2. The molecule has 0 aliphatic rings. The molecule has 0 spiro atoms. The van der Waals surface area contributed by atoms with Crippen molar-refractivity contribution < 1.29 is 17.9 Å². The molecule has 1 N–H and O–H groups in total. The number of hydrogen-bond acceptors (Lipinski definition) is 4. The summed E-state index contributed by atoms with van der Waals surface area (Å²) in [6, 6.07) is 12.5. The monoisotopic (exact) mass is 349 g/mol. The summed E-state index contributed by atoms with van der Waals surface area (Å²) in [7, 11) is -0.486. The SMILES string of the molecule is COc1ccccc1C(CNS(=O)(=O)c1ccc(C)c(C)c1)OC. The quantitative estimate of drug-likeness (QED) is 0.835. The van der Waals surface area contributed by atoms with E-state index in [1.807, 2.05) is 38.1 Å². The highest BCUT2D eigenvalue weighted by atomic mass is 32.2.